The zero-order chi connectivity index (χ0) is 23.3. The van der Waals surface area contributed by atoms with Gasteiger partial charge < -0.3 is 10.4 Å². The molecule has 2 N–H and O–H groups in total. The van der Waals surface area contributed by atoms with Crippen LogP contribution in [-0.4, -0.2) is 26.3 Å². The molecule has 1 heterocycles. The summed E-state index contributed by atoms with van der Waals surface area (Å²) in [5.74, 6) is -0.509. The largest absolute Gasteiger partial charge is 0.493 e. The van der Waals surface area contributed by atoms with Crippen molar-refractivity contribution in [2.75, 3.05) is 11.1 Å². The predicted octanol–water partition coefficient (Wildman–Crippen LogP) is 5.28. The molecule has 8 heteroatoms. The number of nitrogens with zero attached hydrogens (tertiary/aromatic N) is 2. The summed E-state index contributed by atoms with van der Waals surface area (Å²) in [6.07, 6.45) is 2.11. The summed E-state index contributed by atoms with van der Waals surface area (Å²) in [6.45, 7) is 6.00. The molecule has 1 amide bonds. The number of unbranched alkanes of at least 4 members (excludes halogenated alkanes) is 1. The third-order valence-corrected chi connectivity index (χ3v) is 6.30. The van der Waals surface area contributed by atoms with Crippen molar-refractivity contribution in [3.05, 3.63) is 74.5 Å². The van der Waals surface area contributed by atoms with Crippen LogP contribution in [0.2, 0.25) is 5.02 Å². The van der Waals surface area contributed by atoms with E-state index in [1.54, 1.807) is 24.3 Å². The number of hydrogen-bond acceptors (Lipinski definition) is 5. The molecule has 0 saturated carbocycles. The number of benzene rings is 2. The number of carbonyl (C=O) groups excluding carboxylic acids is 1. The molecule has 0 aliphatic carbocycles. The number of hydrogen-bond donors (Lipinski definition) is 2. The number of aryl methyl sites for hydroxylation is 2. The lowest BCUT2D eigenvalue weighted by atomic mass is 10.1. The average Bonchev–Trinajstić information content (AvgIpc) is 2.76. The molecule has 32 heavy (non-hydrogen) atoms. The SMILES string of the molecule is CCCCc1c(O)nc(SCC(=O)Nc2ccc(Cl)cc2)n(-c2ccc(C)c(C)c2)c1=O. The number of anilines is 1. The molecule has 168 valence electrons. The summed E-state index contributed by atoms with van der Waals surface area (Å²) >= 11 is 6.98. The second kappa shape index (κ2) is 10.7. The first-order chi connectivity index (χ1) is 15.3. The van der Waals surface area contributed by atoms with Gasteiger partial charge in [-0.3, -0.25) is 14.2 Å². The fourth-order valence-corrected chi connectivity index (χ4v) is 4.07. The van der Waals surface area contributed by atoms with Gasteiger partial charge >= 0.3 is 0 Å². The molecular weight excluding hydrogens is 446 g/mol. The van der Waals surface area contributed by atoms with E-state index in [-0.39, 0.29) is 28.3 Å². The van der Waals surface area contributed by atoms with Crippen LogP contribution in [0.25, 0.3) is 5.69 Å². The van der Waals surface area contributed by atoms with Crippen LogP contribution in [0.4, 0.5) is 5.69 Å². The van der Waals surface area contributed by atoms with Crippen molar-refractivity contribution >= 4 is 35.0 Å². The molecule has 0 unspecified atom stereocenters. The minimum absolute atomic E-state index is 0.0215. The summed E-state index contributed by atoms with van der Waals surface area (Å²) < 4.78 is 1.48. The number of rotatable bonds is 8. The molecule has 6 nitrogen and oxygen atoms in total. The van der Waals surface area contributed by atoms with Crippen LogP contribution in [0, 0.1) is 13.8 Å². The van der Waals surface area contributed by atoms with E-state index in [0.29, 0.717) is 28.4 Å². The van der Waals surface area contributed by atoms with Crippen LogP contribution in [0.3, 0.4) is 0 Å². The number of aromatic hydroxyl groups is 1. The fraction of sp³-hybridized carbons (Fsp3) is 0.292. The van der Waals surface area contributed by atoms with Crippen molar-refractivity contribution in [2.24, 2.45) is 0 Å². The summed E-state index contributed by atoms with van der Waals surface area (Å²) in [5, 5.41) is 14.1. The van der Waals surface area contributed by atoms with E-state index in [2.05, 4.69) is 10.3 Å². The van der Waals surface area contributed by atoms with Crippen LogP contribution in [-0.2, 0) is 11.2 Å². The first kappa shape index (κ1) is 23.9. The Hall–Kier alpha value is -2.77. The number of halogens is 1. The van der Waals surface area contributed by atoms with E-state index in [1.165, 1.54) is 4.57 Å². The van der Waals surface area contributed by atoms with Crippen LogP contribution < -0.4 is 10.9 Å². The lowest BCUT2D eigenvalue weighted by molar-refractivity contribution is -0.113. The third-order valence-electron chi connectivity index (χ3n) is 5.11. The quantitative estimate of drug-likeness (QED) is 0.345. The molecule has 2 aromatic carbocycles. The highest BCUT2D eigenvalue weighted by molar-refractivity contribution is 7.99. The van der Waals surface area contributed by atoms with Gasteiger partial charge in [0.05, 0.1) is 17.0 Å². The molecule has 1 aromatic heterocycles. The van der Waals surface area contributed by atoms with Crippen molar-refractivity contribution in [1.29, 1.82) is 0 Å². The van der Waals surface area contributed by atoms with Crippen LogP contribution in [0.15, 0.2) is 52.4 Å². The summed E-state index contributed by atoms with van der Waals surface area (Å²) in [7, 11) is 0. The Morgan fingerprint density at radius 3 is 2.53 bits per heavy atom. The van der Waals surface area contributed by atoms with Gasteiger partial charge in [0.25, 0.3) is 5.56 Å². The van der Waals surface area contributed by atoms with Crippen molar-refractivity contribution in [1.82, 2.24) is 9.55 Å². The first-order valence-corrected chi connectivity index (χ1v) is 11.8. The zero-order valence-electron chi connectivity index (χ0n) is 18.3. The highest BCUT2D eigenvalue weighted by atomic mass is 35.5. The third kappa shape index (κ3) is 5.72. The highest BCUT2D eigenvalue weighted by Gasteiger charge is 2.19. The Morgan fingerprint density at radius 2 is 1.88 bits per heavy atom. The standard InChI is InChI=1S/C24H26ClN3O3S/c1-4-5-6-20-22(30)27-24(28(23(20)31)19-12-7-15(2)16(3)13-19)32-14-21(29)26-18-10-8-17(25)9-11-18/h7-13,30H,4-6,14H2,1-3H3,(H,26,29). The number of thioether (sulfide) groups is 1. The van der Waals surface area contributed by atoms with Gasteiger partial charge in [0.2, 0.25) is 11.8 Å². The number of amides is 1. The van der Waals surface area contributed by atoms with Crippen molar-refractivity contribution in [3.8, 4) is 11.6 Å². The van der Waals surface area contributed by atoms with Crippen molar-refractivity contribution in [3.63, 3.8) is 0 Å². The zero-order valence-corrected chi connectivity index (χ0v) is 19.9. The molecule has 0 aliphatic heterocycles. The maximum Gasteiger partial charge on any atom is 0.265 e. The maximum atomic E-state index is 13.3. The molecule has 0 fully saturated rings. The molecule has 3 rings (SSSR count). The smallest absolute Gasteiger partial charge is 0.265 e. The molecule has 0 atom stereocenters. The topological polar surface area (TPSA) is 84.2 Å². The van der Waals surface area contributed by atoms with Gasteiger partial charge in [-0.05, 0) is 74.2 Å². The van der Waals surface area contributed by atoms with E-state index in [9.17, 15) is 14.7 Å². The van der Waals surface area contributed by atoms with Gasteiger partial charge in [-0.25, -0.2) is 0 Å². The number of carbonyl (C=O) groups is 1. The minimum Gasteiger partial charge on any atom is -0.493 e. The second-order valence-electron chi connectivity index (χ2n) is 7.55. The number of aromatic nitrogens is 2. The lowest BCUT2D eigenvalue weighted by Crippen LogP contribution is -2.26. The first-order valence-electron chi connectivity index (χ1n) is 10.4. The van der Waals surface area contributed by atoms with E-state index in [4.69, 9.17) is 11.6 Å². The Morgan fingerprint density at radius 1 is 1.16 bits per heavy atom. The molecule has 0 aliphatic rings. The Bertz CT molecular complexity index is 1180. The maximum absolute atomic E-state index is 13.3. The van der Waals surface area contributed by atoms with Crippen molar-refractivity contribution < 1.29 is 9.90 Å². The van der Waals surface area contributed by atoms with Gasteiger partial charge in [0.1, 0.15) is 0 Å². The van der Waals surface area contributed by atoms with Gasteiger partial charge in [-0.2, -0.15) is 4.98 Å². The van der Waals surface area contributed by atoms with Gasteiger partial charge in [-0.1, -0.05) is 42.8 Å². The predicted molar refractivity (Wildman–Crippen MR) is 130 cm³/mol. The molecule has 0 radical (unpaired) electrons. The summed E-state index contributed by atoms with van der Waals surface area (Å²) in [5.41, 5.74) is 3.40. The van der Waals surface area contributed by atoms with Crippen molar-refractivity contribution in [2.45, 2.75) is 45.2 Å². The Balaban J connectivity index is 1.92. The minimum atomic E-state index is -0.310. The number of nitrogens with one attached hydrogen (secondary N) is 1. The van der Waals surface area contributed by atoms with E-state index in [1.807, 2.05) is 39.0 Å². The fourth-order valence-electron chi connectivity index (χ4n) is 3.15. The molecule has 0 saturated heterocycles. The van der Waals surface area contributed by atoms with E-state index in [0.717, 1.165) is 35.7 Å². The van der Waals surface area contributed by atoms with Gasteiger partial charge in [-0.15, -0.1) is 0 Å². The molecule has 0 spiro atoms. The van der Waals surface area contributed by atoms with E-state index < -0.39 is 0 Å². The molecule has 3 aromatic rings. The van der Waals surface area contributed by atoms with E-state index >= 15 is 0 Å². The Kier molecular flexibility index (Phi) is 7.99. The highest BCUT2D eigenvalue weighted by Crippen LogP contribution is 2.25. The lowest BCUT2D eigenvalue weighted by Gasteiger charge is -2.15. The summed E-state index contributed by atoms with van der Waals surface area (Å²) in [4.78, 5) is 30.1. The second-order valence-corrected chi connectivity index (χ2v) is 8.93. The van der Waals surface area contributed by atoms with Gasteiger partial charge in [0.15, 0.2) is 5.16 Å². The normalized spacial score (nSPS) is 10.9. The molecular formula is C24H26ClN3O3S. The average molecular weight is 472 g/mol. The monoisotopic (exact) mass is 471 g/mol. The van der Waals surface area contributed by atoms with Gasteiger partial charge in [0, 0.05) is 10.7 Å². The molecule has 0 bridgehead atoms. The summed E-state index contributed by atoms with van der Waals surface area (Å²) in [6, 6.07) is 12.5. The van der Waals surface area contributed by atoms with Crippen LogP contribution >= 0.6 is 23.4 Å². The van der Waals surface area contributed by atoms with Crippen LogP contribution in [0.1, 0.15) is 36.5 Å². The Labute approximate surface area is 196 Å². The van der Waals surface area contributed by atoms with Crippen LogP contribution in [0.5, 0.6) is 5.88 Å².